The first-order valence-corrected chi connectivity index (χ1v) is 48.6. The van der Waals surface area contributed by atoms with Gasteiger partial charge in [0.2, 0.25) is 0 Å². The Morgan fingerprint density at radius 1 is 0.234 bits per heavy atom. The highest BCUT2D eigenvalue weighted by molar-refractivity contribution is 6.39. The van der Waals surface area contributed by atoms with Gasteiger partial charge >= 0.3 is 0 Å². The van der Waals surface area contributed by atoms with E-state index in [4.69, 9.17) is 9.47 Å². The van der Waals surface area contributed by atoms with Gasteiger partial charge in [0.25, 0.3) is 23.6 Å². The second-order valence-corrected chi connectivity index (χ2v) is 42.9. The van der Waals surface area contributed by atoms with Gasteiger partial charge in [-0.15, -0.1) is 0 Å². The maximum Gasteiger partial charge on any atom is 0.261 e. The number of fused-ring (bicyclic) bond motifs is 8. The molecule has 690 valence electrons. The molecule has 0 aromatic heterocycles. The van der Waals surface area contributed by atoms with Crippen LogP contribution in [0.1, 0.15) is 184 Å². The van der Waals surface area contributed by atoms with Crippen molar-refractivity contribution < 1.29 is 28.7 Å². The third kappa shape index (κ3) is 15.6. The molecule has 9 heteroatoms. The minimum atomic E-state index is -0.579. The van der Waals surface area contributed by atoms with Gasteiger partial charge in [-0.05, 0) is 316 Å². The largest absolute Gasteiger partial charge is 0.497 e. The molecular formula is C132H111N3O6. The summed E-state index contributed by atoms with van der Waals surface area (Å²) in [6, 6.07) is 115. The summed E-state index contributed by atoms with van der Waals surface area (Å²) in [5.41, 5.74) is 10.7. The molecule has 2 aliphatic rings. The monoisotopic (exact) mass is 1830 g/mol. The van der Waals surface area contributed by atoms with Gasteiger partial charge in [-0.2, -0.15) is 0 Å². The summed E-state index contributed by atoms with van der Waals surface area (Å²) < 4.78 is 10.9. The topological polar surface area (TPSA) is 96.5 Å². The average Bonchev–Trinajstić information content (AvgIpc) is 0.696. The molecule has 2 heterocycles. The zero-order valence-electron chi connectivity index (χ0n) is 83.5. The lowest BCUT2D eigenvalue weighted by Crippen LogP contribution is -2.51. The Morgan fingerprint density at radius 2 is 0.560 bits per heavy atom. The van der Waals surface area contributed by atoms with E-state index in [0.717, 1.165) is 126 Å². The van der Waals surface area contributed by atoms with Crippen molar-refractivity contribution in [3.8, 4) is 35.2 Å². The van der Waals surface area contributed by atoms with Crippen molar-refractivity contribution in [1.29, 1.82) is 0 Å². The summed E-state index contributed by atoms with van der Waals surface area (Å²) in [6.07, 6.45) is 0. The molecule has 25 rings (SSSR count). The number of hydrogen-bond acceptors (Lipinski definition) is 7. The zero-order valence-corrected chi connectivity index (χ0v) is 83.5. The van der Waals surface area contributed by atoms with Crippen LogP contribution in [-0.2, 0) is 16.2 Å². The summed E-state index contributed by atoms with van der Waals surface area (Å²) in [4.78, 5) is 57.1. The number of nitrogens with zero attached hydrogens (tertiary/aromatic N) is 3. The highest BCUT2D eigenvalue weighted by atomic mass is 16.5. The second-order valence-electron chi connectivity index (χ2n) is 42.9. The summed E-state index contributed by atoms with van der Waals surface area (Å²) in [6.45, 7) is 31.8. The van der Waals surface area contributed by atoms with Crippen LogP contribution < -0.4 is 14.4 Å². The van der Waals surface area contributed by atoms with Crippen LogP contribution >= 0.6 is 0 Å². The molecule has 0 radical (unpaired) electrons. The highest BCUT2D eigenvalue weighted by Crippen LogP contribution is 2.49. The summed E-state index contributed by atoms with van der Waals surface area (Å²) >= 11 is 0. The van der Waals surface area contributed by atoms with Crippen molar-refractivity contribution in [3.63, 3.8) is 0 Å². The first kappa shape index (κ1) is 91.2. The molecule has 23 aromatic carbocycles. The van der Waals surface area contributed by atoms with E-state index in [1.54, 1.807) is 20.3 Å². The number of anilines is 1. The Morgan fingerprint density at radius 3 is 1.04 bits per heavy atom. The summed E-state index contributed by atoms with van der Waals surface area (Å²) in [5.74, 6) is 15.2. The minimum absolute atomic E-state index is 0.0188. The predicted octanol–water partition coefficient (Wildman–Crippen LogP) is 32.8. The molecule has 0 N–H and O–H groups in total. The van der Waals surface area contributed by atoms with E-state index in [2.05, 4.69) is 347 Å². The molecule has 141 heavy (non-hydrogen) atoms. The average molecular weight is 1840 g/mol. The van der Waals surface area contributed by atoms with Gasteiger partial charge in [-0.1, -0.05) is 329 Å². The van der Waals surface area contributed by atoms with Crippen LogP contribution in [0, 0.1) is 23.7 Å². The number of methoxy groups -OCH3 is 2. The molecule has 2 aliphatic heterocycles. The fraction of sp³-hybridized carbons (Fsp3) is 0.182. The zero-order chi connectivity index (χ0) is 98.5. The molecule has 23 aromatic rings. The number of imide groups is 2. The van der Waals surface area contributed by atoms with Gasteiger partial charge in [0.05, 0.1) is 14.2 Å². The number of ether oxygens (including phenoxy) is 2. The van der Waals surface area contributed by atoms with Crippen LogP contribution in [0.3, 0.4) is 0 Å². The number of carbonyl (C=O) groups excluding carboxylic acids is 4. The summed E-state index contributed by atoms with van der Waals surface area (Å²) in [7, 11) is 7.30. The van der Waals surface area contributed by atoms with Crippen LogP contribution in [0.4, 0.5) is 5.69 Å². The Bertz CT molecular complexity index is 9130. The Labute approximate surface area is 822 Å². The van der Waals surface area contributed by atoms with Gasteiger partial charge in [0.15, 0.2) is 0 Å². The van der Waals surface area contributed by atoms with Crippen molar-refractivity contribution in [2.24, 2.45) is 0 Å². The number of amides is 4. The highest BCUT2D eigenvalue weighted by Gasteiger charge is 2.42. The predicted molar refractivity (Wildman–Crippen MR) is 595 cm³/mol. The molecule has 4 amide bonds. The fourth-order valence-corrected chi connectivity index (χ4v) is 22.0. The molecular weight excluding hydrogens is 1720 g/mol. The maximum absolute atomic E-state index is 13.3. The number of benzene rings is 23. The standard InChI is InChI=1S/C44H34O2.C26H19NO2.C24H20.C20H18.C18H20N2O2/c1-44(2,3)33-18-23-42-40(21-16-29-10-8-12-31-26-34(45-4)19-24-36(29)31)38-14-6-7-15-39(38)41(43(42)28-33)22-17-30-11-9-13-32-27-35(46-5)20-25-37(30)32;1-26(2,3)27-24(28)19-12-10-17-15-8-4-6-14-7-5-9-16(21(14)15)18-11-13-20(25(27)29)23(19)22(17)18;1-24(2,3)21-14-13-19-17-10-5-8-15-7-4-9-16(22(15)17)18-11-6-12-20(21)23(18)19;1-20(2,3)17-12-10-15-8-7-13-5-4-6-14-9-11-16(17)19(15)18(13)14;1-18(2,3)20-16(21)12-8-6-7-11-14(19(4)5)10-9-13(15(11)12)17(20)22/h6-15,18-20,23-28H,1-5H3;4-13H,1-3H3;4-14H,1-3H3;4-12H,1-3H3;6-10H,1-5H3. The Balaban J connectivity index is 0.000000108. The lowest BCUT2D eigenvalue weighted by atomic mass is 9.80. The van der Waals surface area contributed by atoms with Gasteiger partial charge in [0, 0.05) is 91.5 Å². The lowest BCUT2D eigenvalue weighted by Gasteiger charge is -2.37. The molecule has 0 saturated heterocycles. The molecule has 0 atom stereocenters. The first-order valence-electron chi connectivity index (χ1n) is 48.6. The second kappa shape index (κ2) is 34.4. The van der Waals surface area contributed by atoms with Gasteiger partial charge in [-0.3, -0.25) is 29.0 Å². The number of hydrogen-bond donors (Lipinski definition) is 0. The van der Waals surface area contributed by atoms with Crippen LogP contribution in [0.2, 0.25) is 0 Å². The quantitative estimate of drug-likeness (QED) is 0.0752. The van der Waals surface area contributed by atoms with Crippen molar-refractivity contribution >= 4 is 202 Å². The van der Waals surface area contributed by atoms with Crippen molar-refractivity contribution in [1.82, 2.24) is 9.80 Å². The fourth-order valence-electron chi connectivity index (χ4n) is 22.0. The van der Waals surface area contributed by atoms with Crippen LogP contribution in [0.5, 0.6) is 11.5 Å². The lowest BCUT2D eigenvalue weighted by molar-refractivity contribution is 0.0442. The summed E-state index contributed by atoms with van der Waals surface area (Å²) in [5, 5.41) is 38.6. The van der Waals surface area contributed by atoms with E-state index in [-0.39, 0.29) is 39.9 Å². The van der Waals surface area contributed by atoms with Crippen molar-refractivity contribution in [2.75, 3.05) is 33.2 Å². The number of carbonyl (C=O) groups is 4. The van der Waals surface area contributed by atoms with E-state index in [1.165, 1.54) is 113 Å². The van der Waals surface area contributed by atoms with E-state index in [9.17, 15) is 19.2 Å². The van der Waals surface area contributed by atoms with E-state index in [0.29, 0.717) is 22.3 Å². The minimum Gasteiger partial charge on any atom is -0.497 e. The molecule has 0 fully saturated rings. The van der Waals surface area contributed by atoms with Crippen molar-refractivity contribution in [2.45, 2.75) is 131 Å². The van der Waals surface area contributed by atoms with E-state index < -0.39 is 11.1 Å². The first-order chi connectivity index (χ1) is 67.6. The molecule has 0 spiro atoms. The maximum atomic E-state index is 13.3. The molecule has 0 aliphatic carbocycles. The van der Waals surface area contributed by atoms with Gasteiger partial charge in [-0.25, -0.2) is 0 Å². The third-order valence-corrected chi connectivity index (χ3v) is 28.6. The Hall–Kier alpha value is -16.2. The molecule has 0 bridgehead atoms. The van der Waals surface area contributed by atoms with Gasteiger partial charge < -0.3 is 14.4 Å². The molecule has 9 nitrogen and oxygen atoms in total. The molecule has 0 saturated carbocycles. The van der Waals surface area contributed by atoms with Crippen LogP contribution in [-0.4, -0.2) is 72.8 Å². The third-order valence-electron chi connectivity index (χ3n) is 28.6. The van der Waals surface area contributed by atoms with E-state index >= 15 is 0 Å². The van der Waals surface area contributed by atoms with Crippen molar-refractivity contribution in [3.05, 3.63) is 389 Å². The Kier molecular flexibility index (Phi) is 22.3. The smallest absolute Gasteiger partial charge is 0.261 e. The van der Waals surface area contributed by atoms with E-state index in [1.807, 2.05) is 121 Å². The normalized spacial score (nSPS) is 13.0. The van der Waals surface area contributed by atoms with Crippen LogP contribution in [0.15, 0.2) is 328 Å². The number of rotatable bonds is 3. The van der Waals surface area contributed by atoms with Crippen LogP contribution in [0.25, 0.3) is 172 Å². The molecule has 0 unspecified atom stereocenters. The van der Waals surface area contributed by atoms with Gasteiger partial charge in [0.1, 0.15) is 11.5 Å². The SMILES string of the molecule is CC(C)(C)N1C(=O)c2ccc3c4cccc5cccc(c6ccc(c2c36)C1=O)c54.CC(C)(C)c1ccc2c3cccc4cccc(c5cccc1c52)c43.CC(C)(C)c1ccc2ccc3cccc4ccc1c2c34.CN(C)c1ccc2c3c(cccc13)C(=O)N(C(C)(C)C)C2=O.COc1ccc2c(C#Cc3c4ccccc4c(C#Cc4cccc5cc(OC)ccc45)c4cc(C(C)(C)C)ccc34)cccc2c1.